The number of nitro groups is 1. The molecule has 0 heterocycles. The molecule has 112 valence electrons. The number of carbonyl (C=O) groups is 2. The summed E-state index contributed by atoms with van der Waals surface area (Å²) in [4.78, 5) is 32.9. The third-order valence-corrected chi connectivity index (χ3v) is 3.55. The summed E-state index contributed by atoms with van der Waals surface area (Å²) in [7, 11) is 0. The first-order valence-corrected chi connectivity index (χ1v) is 6.72. The quantitative estimate of drug-likeness (QED) is 0.396. The van der Waals surface area contributed by atoms with Crippen molar-refractivity contribution in [2.75, 3.05) is 0 Å². The van der Waals surface area contributed by atoms with E-state index in [2.05, 4.69) is 0 Å². The molecule has 21 heavy (non-hydrogen) atoms. The fourth-order valence-corrected chi connectivity index (χ4v) is 2.45. The van der Waals surface area contributed by atoms with Crippen molar-refractivity contribution in [3.63, 3.8) is 0 Å². The summed E-state index contributed by atoms with van der Waals surface area (Å²) in [6, 6.07) is 3.29. The van der Waals surface area contributed by atoms with E-state index >= 15 is 0 Å². The molecule has 0 amide bonds. The largest absolute Gasteiger partial charge is 0.477 e. The molecule has 0 spiro atoms. The van der Waals surface area contributed by atoms with E-state index in [1.807, 2.05) is 0 Å². The van der Waals surface area contributed by atoms with Gasteiger partial charge in [-0.3, -0.25) is 14.9 Å². The van der Waals surface area contributed by atoms with E-state index in [0.717, 1.165) is 44.2 Å². The second kappa shape index (κ2) is 6.34. The Morgan fingerprint density at radius 2 is 1.90 bits per heavy atom. The number of ether oxygens (including phenoxy) is 1. The maximum Gasteiger partial charge on any atom is 0.342 e. The highest BCUT2D eigenvalue weighted by molar-refractivity contribution is 5.93. The lowest BCUT2D eigenvalue weighted by Gasteiger charge is -2.19. The highest BCUT2D eigenvalue weighted by Gasteiger charge is 2.25. The number of nitrogens with zero attached hydrogens (tertiary/aromatic N) is 1. The number of carboxylic acids is 1. The molecule has 0 aromatic heterocycles. The Kier molecular flexibility index (Phi) is 4.52. The van der Waals surface area contributed by atoms with E-state index in [1.54, 1.807) is 0 Å². The van der Waals surface area contributed by atoms with Crippen LogP contribution < -0.4 is 4.74 Å². The molecule has 1 aliphatic rings. The fraction of sp³-hybridized carbons (Fsp3) is 0.429. The summed E-state index contributed by atoms with van der Waals surface area (Å²) in [6.07, 6.45) is 4.57. The number of aromatic carboxylic acids is 1. The Morgan fingerprint density at radius 3 is 2.48 bits per heavy atom. The van der Waals surface area contributed by atoms with Gasteiger partial charge in [-0.15, -0.1) is 0 Å². The van der Waals surface area contributed by atoms with Gasteiger partial charge in [0.15, 0.2) is 0 Å². The summed E-state index contributed by atoms with van der Waals surface area (Å²) in [5, 5.41) is 19.7. The smallest absolute Gasteiger partial charge is 0.342 e. The first-order chi connectivity index (χ1) is 9.99. The molecule has 2 rings (SSSR count). The maximum atomic E-state index is 12.0. The zero-order chi connectivity index (χ0) is 15.4. The van der Waals surface area contributed by atoms with Crippen LogP contribution in [-0.4, -0.2) is 22.0 Å². The van der Waals surface area contributed by atoms with Crippen LogP contribution in [0.3, 0.4) is 0 Å². The molecule has 1 saturated carbocycles. The number of rotatable bonds is 4. The topological polar surface area (TPSA) is 107 Å². The maximum absolute atomic E-state index is 12.0. The second-order valence-electron chi connectivity index (χ2n) is 5.00. The zero-order valence-corrected chi connectivity index (χ0v) is 11.3. The Balaban J connectivity index is 2.16. The Labute approximate surface area is 120 Å². The van der Waals surface area contributed by atoms with Crippen molar-refractivity contribution in [2.24, 2.45) is 5.92 Å². The van der Waals surface area contributed by atoms with Crippen LogP contribution in [0.15, 0.2) is 18.2 Å². The highest BCUT2D eigenvalue weighted by Crippen LogP contribution is 2.28. The van der Waals surface area contributed by atoms with Crippen molar-refractivity contribution in [2.45, 2.75) is 32.1 Å². The van der Waals surface area contributed by atoms with Crippen LogP contribution in [0.2, 0.25) is 0 Å². The minimum Gasteiger partial charge on any atom is -0.477 e. The lowest BCUT2D eigenvalue weighted by Crippen LogP contribution is -2.22. The third-order valence-electron chi connectivity index (χ3n) is 3.55. The molecule has 7 heteroatoms. The molecule has 0 radical (unpaired) electrons. The number of hydrogen-bond donors (Lipinski definition) is 1. The van der Waals surface area contributed by atoms with Crippen LogP contribution in [0.5, 0.6) is 5.75 Å². The lowest BCUT2D eigenvalue weighted by molar-refractivity contribution is -0.385. The molecule has 0 saturated heterocycles. The highest BCUT2D eigenvalue weighted by atomic mass is 16.6. The van der Waals surface area contributed by atoms with Crippen molar-refractivity contribution < 1.29 is 24.4 Å². The molecule has 0 unspecified atom stereocenters. The van der Waals surface area contributed by atoms with Gasteiger partial charge in [0.05, 0.1) is 10.8 Å². The Morgan fingerprint density at radius 1 is 1.24 bits per heavy atom. The van der Waals surface area contributed by atoms with Crippen LogP contribution in [0.4, 0.5) is 5.69 Å². The predicted molar refractivity (Wildman–Crippen MR) is 72.3 cm³/mol. The van der Waals surface area contributed by atoms with Crippen molar-refractivity contribution >= 4 is 17.6 Å². The van der Waals surface area contributed by atoms with E-state index in [1.165, 1.54) is 6.07 Å². The van der Waals surface area contributed by atoms with Gasteiger partial charge in [0.1, 0.15) is 11.3 Å². The minimum atomic E-state index is -1.43. The number of carbonyl (C=O) groups excluding carboxylic acids is 1. The van der Waals surface area contributed by atoms with Gasteiger partial charge in [0, 0.05) is 12.1 Å². The number of carboxylic acid groups (broad SMARTS) is 1. The third kappa shape index (κ3) is 3.56. The molecule has 1 aromatic carbocycles. The molecule has 1 aliphatic carbocycles. The average Bonchev–Trinajstić information content (AvgIpc) is 2.47. The lowest BCUT2D eigenvalue weighted by atomic mass is 9.89. The van der Waals surface area contributed by atoms with Crippen molar-refractivity contribution in [1.29, 1.82) is 0 Å². The molecule has 1 N–H and O–H groups in total. The van der Waals surface area contributed by atoms with E-state index in [4.69, 9.17) is 9.84 Å². The summed E-state index contributed by atoms with van der Waals surface area (Å²) >= 11 is 0. The number of nitro benzene ring substituents is 1. The van der Waals surface area contributed by atoms with Gasteiger partial charge in [0.25, 0.3) is 5.69 Å². The van der Waals surface area contributed by atoms with Crippen molar-refractivity contribution in [1.82, 2.24) is 0 Å². The Hall–Kier alpha value is -2.44. The van der Waals surface area contributed by atoms with Crippen molar-refractivity contribution in [3.05, 3.63) is 33.9 Å². The first kappa shape index (κ1) is 15.0. The SMILES string of the molecule is O=C(O)c1cc(OC(=O)C2CCCCC2)ccc1[N+](=O)[O-]. The zero-order valence-electron chi connectivity index (χ0n) is 11.3. The minimum absolute atomic E-state index is 0.0218. The van der Waals surface area contributed by atoms with Gasteiger partial charge >= 0.3 is 11.9 Å². The summed E-state index contributed by atoms with van der Waals surface area (Å²) in [5.74, 6) is -1.99. The standard InChI is InChI=1S/C14H15NO6/c16-13(17)11-8-10(6-7-12(11)15(19)20)21-14(18)9-4-2-1-3-5-9/h6-9H,1-5H2,(H,16,17). The van der Waals surface area contributed by atoms with Crippen LogP contribution in [-0.2, 0) is 4.79 Å². The van der Waals surface area contributed by atoms with E-state index < -0.39 is 28.1 Å². The van der Waals surface area contributed by atoms with E-state index in [0.29, 0.717) is 0 Å². The van der Waals surface area contributed by atoms with Gasteiger partial charge < -0.3 is 9.84 Å². The Bertz CT molecular complexity index is 577. The summed E-state index contributed by atoms with van der Waals surface area (Å²) in [5.41, 5.74) is -1.02. The molecule has 7 nitrogen and oxygen atoms in total. The molecular weight excluding hydrogens is 278 g/mol. The van der Waals surface area contributed by atoms with E-state index in [-0.39, 0.29) is 11.7 Å². The number of esters is 1. The molecule has 1 aromatic rings. The predicted octanol–water partition coefficient (Wildman–Crippen LogP) is 2.78. The number of hydrogen-bond acceptors (Lipinski definition) is 5. The van der Waals surface area contributed by atoms with Crippen molar-refractivity contribution in [3.8, 4) is 5.75 Å². The average molecular weight is 293 g/mol. The molecule has 0 bridgehead atoms. The van der Waals surface area contributed by atoms with Crippen LogP contribution in [0.25, 0.3) is 0 Å². The van der Waals surface area contributed by atoms with Crippen LogP contribution >= 0.6 is 0 Å². The second-order valence-corrected chi connectivity index (χ2v) is 5.00. The fourth-order valence-electron chi connectivity index (χ4n) is 2.45. The molecule has 0 atom stereocenters. The summed E-state index contributed by atoms with van der Waals surface area (Å²) in [6.45, 7) is 0. The first-order valence-electron chi connectivity index (χ1n) is 6.72. The normalized spacial score (nSPS) is 15.4. The van der Waals surface area contributed by atoms with Gasteiger partial charge in [-0.05, 0) is 18.9 Å². The van der Waals surface area contributed by atoms with Gasteiger partial charge in [-0.2, -0.15) is 0 Å². The van der Waals surface area contributed by atoms with Gasteiger partial charge in [-0.25, -0.2) is 4.79 Å². The van der Waals surface area contributed by atoms with Gasteiger partial charge in [0.2, 0.25) is 0 Å². The van der Waals surface area contributed by atoms with Gasteiger partial charge in [-0.1, -0.05) is 19.3 Å². The molecule has 0 aliphatic heterocycles. The van der Waals surface area contributed by atoms with Crippen LogP contribution in [0.1, 0.15) is 42.5 Å². The monoisotopic (exact) mass is 293 g/mol. The van der Waals surface area contributed by atoms with E-state index in [9.17, 15) is 19.7 Å². The molecule has 1 fully saturated rings. The van der Waals surface area contributed by atoms with Crippen LogP contribution in [0, 0.1) is 16.0 Å². The summed E-state index contributed by atoms with van der Waals surface area (Å²) < 4.78 is 5.15. The number of benzene rings is 1. The molecular formula is C14H15NO6.